The molecule has 1 aromatic rings. The van der Waals surface area contributed by atoms with E-state index in [4.69, 9.17) is 9.84 Å². The SMILES string of the molecule is CCC(Oc1cc(C)c([N+](=O)[O-])cc1F)C(=O)O. The van der Waals surface area contributed by atoms with Crippen LogP contribution in [-0.2, 0) is 4.79 Å². The van der Waals surface area contributed by atoms with Crippen LogP contribution in [0.15, 0.2) is 12.1 Å². The van der Waals surface area contributed by atoms with Crippen molar-refractivity contribution in [2.75, 3.05) is 0 Å². The summed E-state index contributed by atoms with van der Waals surface area (Å²) in [4.78, 5) is 20.6. The molecular formula is C11H12FNO5. The van der Waals surface area contributed by atoms with Gasteiger partial charge in [0.05, 0.1) is 11.0 Å². The Kier molecular flexibility index (Phi) is 4.19. The summed E-state index contributed by atoms with van der Waals surface area (Å²) in [5.74, 6) is -2.47. The fourth-order valence-corrected chi connectivity index (χ4v) is 1.39. The lowest BCUT2D eigenvalue weighted by atomic mass is 10.2. The highest BCUT2D eigenvalue weighted by Crippen LogP contribution is 2.27. The van der Waals surface area contributed by atoms with Gasteiger partial charge in [0.25, 0.3) is 5.69 Å². The molecule has 1 aromatic carbocycles. The van der Waals surface area contributed by atoms with Gasteiger partial charge < -0.3 is 9.84 Å². The summed E-state index contributed by atoms with van der Waals surface area (Å²) in [6, 6.07) is 1.85. The average Bonchev–Trinajstić information content (AvgIpc) is 2.28. The number of hydrogen-bond acceptors (Lipinski definition) is 4. The molecule has 7 heteroatoms. The fraction of sp³-hybridized carbons (Fsp3) is 0.364. The molecule has 0 spiro atoms. The van der Waals surface area contributed by atoms with E-state index >= 15 is 0 Å². The summed E-state index contributed by atoms with van der Waals surface area (Å²) in [5.41, 5.74) is -0.167. The lowest BCUT2D eigenvalue weighted by molar-refractivity contribution is -0.385. The lowest BCUT2D eigenvalue weighted by Crippen LogP contribution is -2.26. The van der Waals surface area contributed by atoms with E-state index in [1.807, 2.05) is 0 Å². The molecule has 0 aliphatic carbocycles. The number of nitro benzene ring substituents is 1. The van der Waals surface area contributed by atoms with E-state index in [0.29, 0.717) is 0 Å². The van der Waals surface area contributed by atoms with Crippen LogP contribution in [0.3, 0.4) is 0 Å². The van der Waals surface area contributed by atoms with E-state index in [0.717, 1.165) is 12.1 Å². The molecule has 6 nitrogen and oxygen atoms in total. The summed E-state index contributed by atoms with van der Waals surface area (Å²) >= 11 is 0. The van der Waals surface area contributed by atoms with E-state index in [2.05, 4.69) is 0 Å². The molecule has 0 fully saturated rings. The quantitative estimate of drug-likeness (QED) is 0.645. The molecule has 0 aliphatic heterocycles. The molecule has 1 atom stereocenters. The highest BCUT2D eigenvalue weighted by Gasteiger charge is 2.21. The minimum absolute atomic E-state index is 0.158. The van der Waals surface area contributed by atoms with Crippen molar-refractivity contribution in [3.63, 3.8) is 0 Å². The maximum Gasteiger partial charge on any atom is 0.344 e. The predicted molar refractivity (Wildman–Crippen MR) is 60.1 cm³/mol. The summed E-state index contributed by atoms with van der Waals surface area (Å²) in [5, 5.41) is 19.4. The Balaban J connectivity index is 3.08. The van der Waals surface area contributed by atoms with Crippen LogP contribution in [0.4, 0.5) is 10.1 Å². The first-order valence-electron chi connectivity index (χ1n) is 5.20. The maximum atomic E-state index is 13.5. The van der Waals surface area contributed by atoms with Crippen LogP contribution in [-0.4, -0.2) is 22.1 Å². The van der Waals surface area contributed by atoms with Crippen LogP contribution >= 0.6 is 0 Å². The van der Waals surface area contributed by atoms with Gasteiger partial charge in [0, 0.05) is 5.56 Å². The third-order valence-corrected chi connectivity index (χ3v) is 2.36. The highest BCUT2D eigenvalue weighted by molar-refractivity contribution is 5.72. The molecule has 0 aromatic heterocycles. The largest absolute Gasteiger partial charge is 0.479 e. The minimum Gasteiger partial charge on any atom is -0.479 e. The summed E-state index contributed by atoms with van der Waals surface area (Å²) in [6.07, 6.45) is -1.02. The molecular weight excluding hydrogens is 245 g/mol. The Morgan fingerprint density at radius 3 is 2.67 bits per heavy atom. The van der Waals surface area contributed by atoms with Crippen LogP contribution in [0.5, 0.6) is 5.75 Å². The number of carboxylic acid groups (broad SMARTS) is 1. The average molecular weight is 257 g/mol. The van der Waals surface area contributed by atoms with Gasteiger partial charge in [-0.1, -0.05) is 6.92 Å². The van der Waals surface area contributed by atoms with Gasteiger partial charge in [-0.25, -0.2) is 9.18 Å². The molecule has 98 valence electrons. The third-order valence-electron chi connectivity index (χ3n) is 2.36. The Morgan fingerprint density at radius 2 is 2.22 bits per heavy atom. The van der Waals surface area contributed by atoms with Gasteiger partial charge in [0.1, 0.15) is 0 Å². The van der Waals surface area contributed by atoms with Crippen LogP contribution < -0.4 is 4.74 Å². The number of aryl methyl sites for hydroxylation is 1. The van der Waals surface area contributed by atoms with E-state index in [9.17, 15) is 19.3 Å². The molecule has 0 amide bonds. The lowest BCUT2D eigenvalue weighted by Gasteiger charge is -2.14. The number of carboxylic acids is 1. The van der Waals surface area contributed by atoms with E-state index in [1.54, 1.807) is 6.92 Å². The predicted octanol–water partition coefficient (Wildman–Crippen LogP) is 2.28. The van der Waals surface area contributed by atoms with Crippen LogP contribution in [0.2, 0.25) is 0 Å². The van der Waals surface area contributed by atoms with Crippen molar-refractivity contribution in [2.24, 2.45) is 0 Å². The van der Waals surface area contributed by atoms with Gasteiger partial charge >= 0.3 is 5.97 Å². The summed E-state index contributed by atoms with van der Waals surface area (Å²) < 4.78 is 18.5. The smallest absolute Gasteiger partial charge is 0.344 e. The topological polar surface area (TPSA) is 89.7 Å². The monoisotopic (exact) mass is 257 g/mol. The van der Waals surface area contributed by atoms with Crippen LogP contribution in [0.1, 0.15) is 18.9 Å². The van der Waals surface area contributed by atoms with E-state index in [-0.39, 0.29) is 23.4 Å². The van der Waals surface area contributed by atoms with E-state index in [1.165, 1.54) is 6.92 Å². The van der Waals surface area contributed by atoms with Crippen molar-refractivity contribution in [2.45, 2.75) is 26.4 Å². The van der Waals surface area contributed by atoms with Crippen molar-refractivity contribution >= 4 is 11.7 Å². The third kappa shape index (κ3) is 2.93. The Hall–Kier alpha value is -2.18. The zero-order valence-corrected chi connectivity index (χ0v) is 9.84. The first kappa shape index (κ1) is 13.9. The Bertz CT molecular complexity index is 489. The molecule has 18 heavy (non-hydrogen) atoms. The van der Waals surface area contributed by atoms with Gasteiger partial charge in [0.2, 0.25) is 0 Å². The number of ether oxygens (including phenoxy) is 1. The zero-order chi connectivity index (χ0) is 13.9. The van der Waals surface area contributed by atoms with E-state index < -0.39 is 22.8 Å². The number of benzene rings is 1. The first-order valence-corrected chi connectivity index (χ1v) is 5.20. The van der Waals surface area contributed by atoms with Crippen LogP contribution in [0, 0.1) is 22.9 Å². The Morgan fingerprint density at radius 1 is 1.61 bits per heavy atom. The van der Waals surface area contributed by atoms with Gasteiger partial charge in [-0.05, 0) is 19.4 Å². The van der Waals surface area contributed by atoms with Gasteiger partial charge in [-0.15, -0.1) is 0 Å². The minimum atomic E-state index is -1.21. The fourth-order valence-electron chi connectivity index (χ4n) is 1.39. The molecule has 1 N–H and O–H groups in total. The highest BCUT2D eigenvalue weighted by atomic mass is 19.1. The Labute approximate surface area is 102 Å². The van der Waals surface area contributed by atoms with Gasteiger partial charge in [-0.2, -0.15) is 0 Å². The molecule has 0 heterocycles. The molecule has 1 unspecified atom stereocenters. The van der Waals surface area contributed by atoms with Crippen molar-refractivity contribution in [1.82, 2.24) is 0 Å². The standard InChI is InChI=1S/C11H12FNO5/c1-3-9(11(14)15)18-10-4-6(2)8(13(16)17)5-7(10)12/h4-5,9H,3H2,1-2H3,(H,14,15). The number of halogens is 1. The normalized spacial score (nSPS) is 11.9. The molecule has 0 radical (unpaired) electrons. The molecule has 0 aliphatic rings. The van der Waals surface area contributed by atoms with Crippen molar-refractivity contribution in [3.8, 4) is 5.75 Å². The van der Waals surface area contributed by atoms with Crippen molar-refractivity contribution in [3.05, 3.63) is 33.6 Å². The molecule has 0 saturated heterocycles. The summed E-state index contributed by atoms with van der Waals surface area (Å²) in [7, 11) is 0. The number of nitro groups is 1. The van der Waals surface area contributed by atoms with Crippen molar-refractivity contribution in [1.29, 1.82) is 0 Å². The van der Waals surface area contributed by atoms with Crippen molar-refractivity contribution < 1.29 is 24.0 Å². The second kappa shape index (κ2) is 5.44. The molecule has 1 rings (SSSR count). The van der Waals surface area contributed by atoms with Gasteiger partial charge in [-0.3, -0.25) is 10.1 Å². The number of nitrogens with zero attached hydrogens (tertiary/aromatic N) is 1. The zero-order valence-electron chi connectivity index (χ0n) is 9.84. The second-order valence-corrected chi connectivity index (χ2v) is 3.68. The summed E-state index contributed by atoms with van der Waals surface area (Å²) in [6.45, 7) is 3.00. The first-order chi connectivity index (χ1) is 8.36. The van der Waals surface area contributed by atoms with Crippen LogP contribution in [0.25, 0.3) is 0 Å². The van der Waals surface area contributed by atoms with Gasteiger partial charge in [0.15, 0.2) is 17.7 Å². The number of rotatable bonds is 5. The maximum absolute atomic E-state index is 13.5. The number of carbonyl (C=O) groups is 1. The number of aliphatic carboxylic acids is 1. The number of hydrogen-bond donors (Lipinski definition) is 1. The molecule has 0 saturated carbocycles. The molecule has 0 bridgehead atoms. The second-order valence-electron chi connectivity index (χ2n) is 3.68.